The molecule has 4 rings (SSSR count). The first-order valence-electron chi connectivity index (χ1n) is 9.22. The number of carbonyl (C=O) groups is 2. The summed E-state index contributed by atoms with van der Waals surface area (Å²) in [6.45, 7) is -0.00963. The van der Waals surface area contributed by atoms with Crippen LogP contribution in [0.25, 0.3) is 11.3 Å². The molecule has 1 fully saturated rings. The van der Waals surface area contributed by atoms with E-state index in [9.17, 15) is 9.59 Å². The van der Waals surface area contributed by atoms with Gasteiger partial charge in [0.25, 0.3) is 5.91 Å². The van der Waals surface area contributed by atoms with Crippen LogP contribution in [0.3, 0.4) is 0 Å². The molecular weight excluding hydrogens is 372 g/mol. The van der Waals surface area contributed by atoms with Gasteiger partial charge in [-0.3, -0.25) is 9.59 Å². The van der Waals surface area contributed by atoms with Crippen LogP contribution in [0, 0.1) is 0 Å². The summed E-state index contributed by atoms with van der Waals surface area (Å²) >= 11 is 0. The highest BCUT2D eigenvalue weighted by Crippen LogP contribution is 2.29. The molecule has 148 valence electrons. The number of amides is 2. The smallest absolute Gasteiger partial charge is 0.252 e. The number of nitrogens with zero attached hydrogens (tertiary/aromatic N) is 3. The van der Waals surface area contributed by atoms with Crippen molar-refractivity contribution in [3.8, 4) is 11.3 Å². The Bertz CT molecular complexity index is 990. The fourth-order valence-corrected chi connectivity index (χ4v) is 3.39. The lowest BCUT2D eigenvalue weighted by molar-refractivity contribution is -0.162. The number of benzene rings is 2. The van der Waals surface area contributed by atoms with Crippen molar-refractivity contribution in [3.63, 3.8) is 0 Å². The molecule has 0 spiro atoms. The zero-order chi connectivity index (χ0) is 20.2. The maximum atomic E-state index is 12.9. The summed E-state index contributed by atoms with van der Waals surface area (Å²) in [6, 6.07) is 18.3. The van der Waals surface area contributed by atoms with Gasteiger partial charge in [-0.1, -0.05) is 65.8 Å². The van der Waals surface area contributed by atoms with Crippen LogP contribution >= 0.6 is 0 Å². The highest BCUT2D eigenvalue weighted by Gasteiger charge is 2.40. The third-order valence-corrected chi connectivity index (χ3v) is 4.92. The Morgan fingerprint density at radius 1 is 1.10 bits per heavy atom. The summed E-state index contributed by atoms with van der Waals surface area (Å²) in [5.74, 6) is -0.504. The van der Waals surface area contributed by atoms with Crippen LogP contribution in [0.1, 0.15) is 17.3 Å². The van der Waals surface area contributed by atoms with Gasteiger partial charge in [0.15, 0.2) is 6.10 Å². The number of rotatable bonds is 5. The molecule has 2 heterocycles. The number of morpholine rings is 1. The van der Waals surface area contributed by atoms with Crippen molar-refractivity contribution in [2.45, 2.75) is 18.7 Å². The average molecular weight is 392 g/mol. The van der Waals surface area contributed by atoms with Gasteiger partial charge in [-0.2, -0.15) is 0 Å². The first-order chi connectivity index (χ1) is 14.1. The molecule has 2 unspecified atom stereocenters. The molecule has 8 heteroatoms. The zero-order valence-corrected chi connectivity index (χ0v) is 15.8. The molecule has 1 aliphatic heterocycles. The van der Waals surface area contributed by atoms with Gasteiger partial charge in [-0.25, -0.2) is 4.63 Å². The van der Waals surface area contributed by atoms with E-state index in [0.717, 1.165) is 11.1 Å². The van der Waals surface area contributed by atoms with Crippen molar-refractivity contribution in [1.82, 2.24) is 20.5 Å². The standard InChI is InChI=1S/C21H20N4O4/c1-25-17(26)13-28-20(19(25)15-10-6-3-7-11-15)21(27)22-12-16-18(24-29-23-16)14-8-4-2-5-9-14/h2-11,19-20H,12-13H2,1H3,(H,22,27). The number of aromatic nitrogens is 2. The molecule has 2 amide bonds. The van der Waals surface area contributed by atoms with Crippen LogP contribution in [-0.2, 0) is 20.9 Å². The molecule has 8 nitrogen and oxygen atoms in total. The Labute approximate surface area is 167 Å². The van der Waals surface area contributed by atoms with E-state index in [4.69, 9.17) is 9.37 Å². The summed E-state index contributed by atoms with van der Waals surface area (Å²) in [5.41, 5.74) is 2.76. The fourth-order valence-electron chi connectivity index (χ4n) is 3.39. The first kappa shape index (κ1) is 18.8. The topological polar surface area (TPSA) is 97.6 Å². The molecule has 0 saturated carbocycles. The molecular formula is C21H20N4O4. The lowest BCUT2D eigenvalue weighted by atomic mass is 9.97. The van der Waals surface area contributed by atoms with E-state index in [1.807, 2.05) is 60.7 Å². The quantitative estimate of drug-likeness (QED) is 0.713. The molecule has 1 aromatic heterocycles. The number of ether oxygens (including phenoxy) is 1. The molecule has 0 radical (unpaired) electrons. The van der Waals surface area contributed by atoms with Crippen molar-refractivity contribution in [2.24, 2.45) is 0 Å². The number of nitrogens with one attached hydrogen (secondary N) is 1. The molecule has 1 aliphatic rings. The normalized spacial score (nSPS) is 19.2. The van der Waals surface area contributed by atoms with Crippen molar-refractivity contribution in [1.29, 1.82) is 0 Å². The minimum atomic E-state index is -0.833. The summed E-state index contributed by atoms with van der Waals surface area (Å²) in [4.78, 5) is 26.6. The van der Waals surface area contributed by atoms with Crippen molar-refractivity contribution >= 4 is 11.8 Å². The van der Waals surface area contributed by atoms with Crippen LogP contribution in [0.15, 0.2) is 65.3 Å². The number of likely N-dealkylation sites (N-methyl/N-ethyl adjacent to an activating group) is 1. The second-order valence-corrected chi connectivity index (χ2v) is 6.74. The molecule has 2 aromatic carbocycles. The van der Waals surface area contributed by atoms with E-state index < -0.39 is 12.1 Å². The van der Waals surface area contributed by atoms with Gasteiger partial charge in [-0.05, 0) is 10.7 Å². The van der Waals surface area contributed by atoms with Gasteiger partial charge in [0.2, 0.25) is 5.91 Å². The van der Waals surface area contributed by atoms with Crippen LogP contribution in [0.5, 0.6) is 0 Å². The van der Waals surface area contributed by atoms with E-state index in [2.05, 4.69) is 15.6 Å². The van der Waals surface area contributed by atoms with Crippen molar-refractivity contribution in [3.05, 3.63) is 71.9 Å². The monoisotopic (exact) mass is 392 g/mol. The lowest BCUT2D eigenvalue weighted by Crippen LogP contribution is -2.52. The van der Waals surface area contributed by atoms with Gasteiger partial charge in [0.1, 0.15) is 18.0 Å². The van der Waals surface area contributed by atoms with Gasteiger partial charge >= 0.3 is 0 Å². The van der Waals surface area contributed by atoms with E-state index in [1.165, 1.54) is 0 Å². The second-order valence-electron chi connectivity index (χ2n) is 6.74. The summed E-state index contributed by atoms with van der Waals surface area (Å²) in [6.07, 6.45) is -0.833. The minimum Gasteiger partial charge on any atom is -0.356 e. The molecule has 1 N–H and O–H groups in total. The van der Waals surface area contributed by atoms with Crippen LogP contribution in [-0.4, -0.2) is 46.8 Å². The van der Waals surface area contributed by atoms with Crippen LogP contribution in [0.2, 0.25) is 0 Å². The Morgan fingerprint density at radius 3 is 2.52 bits per heavy atom. The van der Waals surface area contributed by atoms with Crippen LogP contribution < -0.4 is 5.32 Å². The van der Waals surface area contributed by atoms with E-state index in [0.29, 0.717) is 11.4 Å². The zero-order valence-electron chi connectivity index (χ0n) is 15.8. The fraction of sp³-hybridized carbons (Fsp3) is 0.238. The highest BCUT2D eigenvalue weighted by atomic mass is 16.6. The Kier molecular flexibility index (Phi) is 5.35. The molecule has 0 aliphatic carbocycles. The number of hydrogen-bond acceptors (Lipinski definition) is 6. The van der Waals surface area contributed by atoms with Crippen LogP contribution in [0.4, 0.5) is 0 Å². The Morgan fingerprint density at radius 2 is 1.79 bits per heavy atom. The Hall–Kier alpha value is -3.52. The maximum Gasteiger partial charge on any atom is 0.252 e. The Balaban J connectivity index is 1.51. The maximum absolute atomic E-state index is 12.9. The first-order valence-corrected chi connectivity index (χ1v) is 9.22. The predicted molar refractivity (Wildman–Crippen MR) is 103 cm³/mol. The second kappa shape index (κ2) is 8.24. The molecule has 29 heavy (non-hydrogen) atoms. The van der Waals surface area contributed by atoms with Crippen molar-refractivity contribution < 1.29 is 19.0 Å². The molecule has 2 atom stereocenters. The SMILES string of the molecule is CN1C(=O)COC(C(=O)NCc2nonc2-c2ccccc2)C1c1ccccc1. The third kappa shape index (κ3) is 3.88. The molecule has 3 aromatic rings. The van der Waals surface area contributed by atoms with Gasteiger partial charge in [0.05, 0.1) is 12.6 Å². The van der Waals surface area contributed by atoms with Gasteiger partial charge < -0.3 is 15.0 Å². The van der Waals surface area contributed by atoms with E-state index >= 15 is 0 Å². The number of hydrogen-bond donors (Lipinski definition) is 1. The third-order valence-electron chi connectivity index (χ3n) is 4.92. The molecule has 0 bridgehead atoms. The van der Waals surface area contributed by atoms with E-state index in [-0.39, 0.29) is 25.0 Å². The van der Waals surface area contributed by atoms with E-state index in [1.54, 1.807) is 11.9 Å². The van der Waals surface area contributed by atoms with Gasteiger partial charge in [0, 0.05) is 12.6 Å². The highest BCUT2D eigenvalue weighted by molar-refractivity contribution is 5.86. The average Bonchev–Trinajstić information content (AvgIpc) is 3.24. The number of carbonyl (C=O) groups excluding carboxylic acids is 2. The predicted octanol–water partition coefficient (Wildman–Crippen LogP) is 1.95. The largest absolute Gasteiger partial charge is 0.356 e. The van der Waals surface area contributed by atoms with Gasteiger partial charge in [-0.15, -0.1) is 0 Å². The molecule has 1 saturated heterocycles. The summed E-state index contributed by atoms with van der Waals surface area (Å²) in [5, 5.41) is 10.7. The summed E-state index contributed by atoms with van der Waals surface area (Å²) < 4.78 is 10.5. The minimum absolute atomic E-state index is 0.131. The lowest BCUT2D eigenvalue weighted by Gasteiger charge is -2.38. The summed E-state index contributed by atoms with van der Waals surface area (Å²) in [7, 11) is 1.68. The van der Waals surface area contributed by atoms with Crippen molar-refractivity contribution in [2.75, 3.05) is 13.7 Å².